The van der Waals surface area contributed by atoms with E-state index in [9.17, 15) is 9.59 Å². The number of carbonyl (C=O) groups excluding carboxylic acids is 2. The highest BCUT2D eigenvalue weighted by molar-refractivity contribution is 5.92. The zero-order chi connectivity index (χ0) is 15.9. The quantitative estimate of drug-likeness (QED) is 0.741. The van der Waals surface area contributed by atoms with E-state index in [1.165, 1.54) is 5.56 Å². The van der Waals surface area contributed by atoms with Crippen LogP contribution in [-0.4, -0.2) is 50.4 Å². The summed E-state index contributed by atoms with van der Waals surface area (Å²) in [6.07, 6.45) is 1.49. The van der Waals surface area contributed by atoms with Gasteiger partial charge >= 0.3 is 0 Å². The Morgan fingerprint density at radius 3 is 2.23 bits per heavy atom. The van der Waals surface area contributed by atoms with E-state index in [0.717, 1.165) is 13.0 Å². The molecule has 1 saturated carbocycles. The van der Waals surface area contributed by atoms with Gasteiger partial charge in [0.2, 0.25) is 11.8 Å². The molecule has 5 nitrogen and oxygen atoms in total. The number of nitrogens with zero attached hydrogens (tertiary/aromatic N) is 1. The molecule has 1 aromatic carbocycles. The maximum atomic E-state index is 12.0. The summed E-state index contributed by atoms with van der Waals surface area (Å²) >= 11 is 0. The van der Waals surface area contributed by atoms with Crippen LogP contribution in [0.1, 0.15) is 12.0 Å². The number of amides is 2. The van der Waals surface area contributed by atoms with Crippen molar-refractivity contribution in [3.8, 4) is 0 Å². The Morgan fingerprint density at radius 1 is 1.05 bits per heavy atom. The van der Waals surface area contributed by atoms with Gasteiger partial charge in [0.05, 0.1) is 11.8 Å². The lowest BCUT2D eigenvalue weighted by atomic mass is 10.1. The van der Waals surface area contributed by atoms with Gasteiger partial charge in [-0.2, -0.15) is 0 Å². The Morgan fingerprint density at radius 2 is 1.64 bits per heavy atom. The van der Waals surface area contributed by atoms with E-state index in [-0.39, 0.29) is 23.7 Å². The highest BCUT2D eigenvalue weighted by atomic mass is 16.2. The van der Waals surface area contributed by atoms with Crippen LogP contribution in [0.4, 0.5) is 0 Å². The van der Waals surface area contributed by atoms with Crippen LogP contribution in [0.5, 0.6) is 0 Å². The lowest BCUT2D eigenvalue weighted by molar-refractivity contribution is -0.127. The minimum atomic E-state index is -0.143. The third kappa shape index (κ3) is 5.15. The van der Waals surface area contributed by atoms with Gasteiger partial charge in [0.15, 0.2) is 0 Å². The molecule has 0 aromatic heterocycles. The zero-order valence-corrected chi connectivity index (χ0v) is 13.3. The second-order valence-electron chi connectivity index (χ2n) is 6.07. The first-order chi connectivity index (χ1) is 10.6. The van der Waals surface area contributed by atoms with Gasteiger partial charge in [0, 0.05) is 19.6 Å². The largest absolute Gasteiger partial charge is 0.356 e. The van der Waals surface area contributed by atoms with E-state index in [2.05, 4.69) is 10.6 Å². The average Bonchev–Trinajstić information content (AvgIpc) is 3.28. The van der Waals surface area contributed by atoms with E-state index in [0.29, 0.717) is 19.5 Å². The zero-order valence-electron chi connectivity index (χ0n) is 13.3. The molecule has 0 spiro atoms. The van der Waals surface area contributed by atoms with E-state index >= 15 is 0 Å². The molecule has 0 saturated heterocycles. The van der Waals surface area contributed by atoms with Crippen molar-refractivity contribution < 1.29 is 9.59 Å². The molecule has 5 heteroatoms. The minimum absolute atomic E-state index is 0.00342. The minimum Gasteiger partial charge on any atom is -0.356 e. The van der Waals surface area contributed by atoms with E-state index in [1.807, 2.05) is 49.3 Å². The summed E-state index contributed by atoms with van der Waals surface area (Å²) in [5, 5.41) is 5.81. The molecule has 0 heterocycles. The van der Waals surface area contributed by atoms with Gasteiger partial charge in [-0.3, -0.25) is 9.59 Å². The fourth-order valence-electron chi connectivity index (χ4n) is 2.41. The molecule has 0 bridgehead atoms. The molecule has 2 N–H and O–H groups in total. The molecule has 2 atom stereocenters. The van der Waals surface area contributed by atoms with Crippen LogP contribution in [0, 0.1) is 11.8 Å². The molecule has 22 heavy (non-hydrogen) atoms. The predicted molar refractivity (Wildman–Crippen MR) is 86.3 cm³/mol. The van der Waals surface area contributed by atoms with Gasteiger partial charge in [-0.05, 0) is 32.5 Å². The van der Waals surface area contributed by atoms with Gasteiger partial charge in [-0.25, -0.2) is 0 Å². The highest BCUT2D eigenvalue weighted by Gasteiger charge is 2.47. The summed E-state index contributed by atoms with van der Waals surface area (Å²) in [5.41, 5.74) is 1.21. The number of nitrogens with one attached hydrogen (secondary N) is 2. The van der Waals surface area contributed by atoms with Crippen LogP contribution < -0.4 is 10.6 Å². The van der Waals surface area contributed by atoms with Crippen molar-refractivity contribution >= 4 is 11.8 Å². The van der Waals surface area contributed by atoms with Crippen LogP contribution in [-0.2, 0) is 16.0 Å². The number of rotatable bonds is 8. The lowest BCUT2D eigenvalue weighted by Gasteiger charge is -2.10. The molecule has 1 aromatic rings. The summed E-state index contributed by atoms with van der Waals surface area (Å²) in [6.45, 7) is 2.06. The smallest absolute Gasteiger partial charge is 0.223 e. The van der Waals surface area contributed by atoms with Crippen LogP contribution in [0.2, 0.25) is 0 Å². The van der Waals surface area contributed by atoms with Crippen molar-refractivity contribution in [2.45, 2.75) is 12.8 Å². The van der Waals surface area contributed by atoms with Crippen molar-refractivity contribution in [3.05, 3.63) is 35.9 Å². The van der Waals surface area contributed by atoms with Crippen molar-refractivity contribution in [2.75, 3.05) is 33.7 Å². The average molecular weight is 303 g/mol. The van der Waals surface area contributed by atoms with E-state index in [4.69, 9.17) is 0 Å². The summed E-state index contributed by atoms with van der Waals surface area (Å²) < 4.78 is 0. The van der Waals surface area contributed by atoms with Gasteiger partial charge in [-0.15, -0.1) is 0 Å². The molecule has 1 aliphatic carbocycles. The Balaban J connectivity index is 1.62. The molecule has 2 amide bonds. The first-order valence-corrected chi connectivity index (χ1v) is 7.82. The summed E-state index contributed by atoms with van der Waals surface area (Å²) in [5.74, 6) is -0.275. The number of benzene rings is 1. The molecule has 1 fully saturated rings. The van der Waals surface area contributed by atoms with Gasteiger partial charge in [0.1, 0.15) is 0 Å². The number of carbonyl (C=O) groups is 2. The van der Waals surface area contributed by atoms with Crippen molar-refractivity contribution in [3.63, 3.8) is 0 Å². The lowest BCUT2D eigenvalue weighted by Crippen LogP contribution is -2.34. The highest BCUT2D eigenvalue weighted by Crippen LogP contribution is 2.38. The normalized spacial score (nSPS) is 19.8. The summed E-state index contributed by atoms with van der Waals surface area (Å²) in [6, 6.07) is 10.1. The number of likely N-dealkylation sites (N-methyl/N-ethyl adjacent to an activating group) is 1. The Labute approximate surface area is 132 Å². The molecule has 1 aliphatic rings. The van der Waals surface area contributed by atoms with Gasteiger partial charge in [-0.1, -0.05) is 30.3 Å². The Kier molecular flexibility index (Phi) is 5.95. The van der Waals surface area contributed by atoms with Crippen LogP contribution >= 0.6 is 0 Å². The molecule has 120 valence electrons. The monoisotopic (exact) mass is 303 g/mol. The van der Waals surface area contributed by atoms with Crippen molar-refractivity contribution in [1.82, 2.24) is 15.5 Å². The fourth-order valence-corrected chi connectivity index (χ4v) is 2.41. The molecule has 0 aliphatic heterocycles. The SMILES string of the molecule is CN(C)CCNC(=O)C1CC1C(=O)NCCc1ccccc1. The second-order valence-corrected chi connectivity index (χ2v) is 6.07. The van der Waals surface area contributed by atoms with Crippen molar-refractivity contribution in [1.29, 1.82) is 0 Å². The molecular weight excluding hydrogens is 278 g/mol. The molecule has 2 rings (SSSR count). The summed E-state index contributed by atoms with van der Waals surface area (Å²) in [7, 11) is 3.93. The van der Waals surface area contributed by atoms with E-state index < -0.39 is 0 Å². The molecule has 2 unspecified atom stereocenters. The number of hydrogen-bond acceptors (Lipinski definition) is 3. The first-order valence-electron chi connectivity index (χ1n) is 7.82. The van der Waals surface area contributed by atoms with Crippen molar-refractivity contribution in [2.24, 2.45) is 11.8 Å². The standard InChI is InChI=1S/C17H25N3O2/c1-20(2)11-10-19-17(22)15-12-14(15)16(21)18-9-8-13-6-4-3-5-7-13/h3-7,14-15H,8-12H2,1-2H3,(H,18,21)(H,19,22). The third-order valence-electron chi connectivity index (χ3n) is 3.88. The topological polar surface area (TPSA) is 61.4 Å². The van der Waals surface area contributed by atoms with Crippen LogP contribution in [0.3, 0.4) is 0 Å². The molecule has 0 radical (unpaired) electrons. The second kappa shape index (κ2) is 7.94. The first kappa shape index (κ1) is 16.5. The maximum Gasteiger partial charge on any atom is 0.223 e. The third-order valence-corrected chi connectivity index (χ3v) is 3.88. The van der Waals surface area contributed by atoms with Crippen LogP contribution in [0.15, 0.2) is 30.3 Å². The summed E-state index contributed by atoms with van der Waals surface area (Å²) in [4.78, 5) is 25.9. The van der Waals surface area contributed by atoms with E-state index in [1.54, 1.807) is 0 Å². The Hall–Kier alpha value is -1.88. The van der Waals surface area contributed by atoms with Crippen LogP contribution in [0.25, 0.3) is 0 Å². The maximum absolute atomic E-state index is 12.0. The number of hydrogen-bond donors (Lipinski definition) is 2. The predicted octanol–water partition coefficient (Wildman–Crippen LogP) is 0.659. The van der Waals surface area contributed by atoms with Gasteiger partial charge < -0.3 is 15.5 Å². The van der Waals surface area contributed by atoms with Gasteiger partial charge in [0.25, 0.3) is 0 Å². The fraction of sp³-hybridized carbons (Fsp3) is 0.529. The molecular formula is C17H25N3O2. The Bertz CT molecular complexity index is 502.